The molecule has 3 heteroatoms. The first-order chi connectivity index (χ1) is 8.68. The van der Waals surface area contributed by atoms with E-state index >= 15 is 0 Å². The van der Waals surface area contributed by atoms with Crippen LogP contribution >= 0.6 is 11.3 Å². The average molecular weight is 293 g/mol. The highest BCUT2D eigenvalue weighted by atomic mass is 32.1. The topological polar surface area (TPSA) is 9.23 Å². The van der Waals surface area contributed by atoms with Crippen LogP contribution in [0.3, 0.4) is 0 Å². The van der Waals surface area contributed by atoms with Crippen molar-refractivity contribution in [3.8, 4) is 5.75 Å². The van der Waals surface area contributed by atoms with Gasteiger partial charge >= 0.3 is 0 Å². The lowest BCUT2D eigenvalue weighted by Gasteiger charge is -2.35. The minimum atomic E-state index is -1.45. The van der Waals surface area contributed by atoms with Gasteiger partial charge in [-0.05, 0) is 34.2 Å². The van der Waals surface area contributed by atoms with E-state index in [2.05, 4.69) is 59.0 Å². The summed E-state index contributed by atoms with van der Waals surface area (Å²) in [5, 5.41) is 1.66. The fourth-order valence-corrected chi connectivity index (χ4v) is 6.47. The van der Waals surface area contributed by atoms with E-state index in [4.69, 9.17) is 4.74 Å². The van der Waals surface area contributed by atoms with Gasteiger partial charge in [-0.15, -0.1) is 11.3 Å². The molecular formula is C16H24OSSi. The first-order valence-electron chi connectivity index (χ1n) is 6.76. The molecule has 0 spiro atoms. The van der Waals surface area contributed by atoms with Crippen molar-refractivity contribution in [2.75, 3.05) is 7.11 Å². The first kappa shape index (κ1) is 14.6. The quantitative estimate of drug-likeness (QED) is 0.713. The zero-order chi connectivity index (χ0) is 14.4. The van der Waals surface area contributed by atoms with Crippen molar-refractivity contribution in [1.82, 2.24) is 0 Å². The molecule has 1 aromatic heterocycles. The Morgan fingerprint density at radius 3 is 2.32 bits per heavy atom. The molecule has 0 unspecified atom stereocenters. The predicted molar refractivity (Wildman–Crippen MR) is 89.9 cm³/mol. The number of thiophene rings is 1. The highest BCUT2D eigenvalue weighted by molar-refractivity contribution is 7.31. The largest absolute Gasteiger partial charge is 0.496 e. The van der Waals surface area contributed by atoms with E-state index in [1.807, 2.05) is 11.3 Å². The van der Waals surface area contributed by atoms with Crippen LogP contribution in [0.25, 0.3) is 10.1 Å². The van der Waals surface area contributed by atoms with Gasteiger partial charge in [0.2, 0.25) is 0 Å². The maximum absolute atomic E-state index is 5.59. The van der Waals surface area contributed by atoms with Crippen molar-refractivity contribution in [1.29, 1.82) is 0 Å². The van der Waals surface area contributed by atoms with Gasteiger partial charge in [0.05, 0.1) is 15.2 Å². The molecule has 0 aliphatic carbocycles. The third kappa shape index (κ3) is 2.34. The summed E-state index contributed by atoms with van der Waals surface area (Å²) >= 11 is 1.95. The number of methoxy groups -OCH3 is 1. The molecular weight excluding hydrogens is 268 g/mol. The van der Waals surface area contributed by atoms with Crippen LogP contribution in [-0.4, -0.2) is 15.2 Å². The second-order valence-corrected chi connectivity index (χ2v) is 13.5. The summed E-state index contributed by atoms with van der Waals surface area (Å²) in [5.41, 5.74) is 1.22. The number of benzene rings is 1. The minimum absolute atomic E-state index is 0.371. The zero-order valence-electron chi connectivity index (χ0n) is 13.0. The van der Waals surface area contributed by atoms with Crippen LogP contribution in [0.15, 0.2) is 18.2 Å². The summed E-state index contributed by atoms with van der Waals surface area (Å²) in [7, 11) is 0.315. The lowest BCUT2D eigenvalue weighted by molar-refractivity contribution is 0.417. The van der Waals surface area contributed by atoms with Gasteiger partial charge in [0.25, 0.3) is 0 Å². The van der Waals surface area contributed by atoms with E-state index in [0.29, 0.717) is 5.04 Å². The van der Waals surface area contributed by atoms with Crippen LogP contribution in [0.1, 0.15) is 26.3 Å². The molecule has 19 heavy (non-hydrogen) atoms. The van der Waals surface area contributed by atoms with Gasteiger partial charge in [-0.2, -0.15) is 0 Å². The van der Waals surface area contributed by atoms with Crippen LogP contribution in [0, 0.1) is 6.92 Å². The minimum Gasteiger partial charge on any atom is -0.496 e. The molecule has 0 saturated heterocycles. The smallest absolute Gasteiger partial charge is 0.130 e. The molecule has 104 valence electrons. The van der Waals surface area contributed by atoms with Crippen LogP contribution in [0.4, 0.5) is 0 Å². The van der Waals surface area contributed by atoms with Crippen LogP contribution in [0.2, 0.25) is 18.1 Å². The highest BCUT2D eigenvalue weighted by Crippen LogP contribution is 2.39. The SMILES string of the molecule is COc1c(C)ccc2sc([Si](C)(C)C(C)(C)C)cc12. The standard InChI is InChI=1S/C16H24OSSi/c1-11-8-9-13-12(15(11)17-5)10-14(18-13)19(6,7)16(2,3)4/h8-10H,1-7H3. The van der Waals surface area contributed by atoms with E-state index in [1.165, 1.54) is 15.6 Å². The molecule has 2 aromatic rings. The van der Waals surface area contributed by atoms with Crippen molar-refractivity contribution in [2.24, 2.45) is 0 Å². The summed E-state index contributed by atoms with van der Waals surface area (Å²) in [5.74, 6) is 1.04. The van der Waals surface area contributed by atoms with Crippen molar-refractivity contribution < 1.29 is 4.74 Å². The monoisotopic (exact) mass is 292 g/mol. The van der Waals surface area contributed by atoms with E-state index < -0.39 is 8.07 Å². The molecule has 1 heterocycles. The van der Waals surface area contributed by atoms with Crippen LogP contribution in [0.5, 0.6) is 5.75 Å². The van der Waals surface area contributed by atoms with Crippen molar-refractivity contribution in [3.05, 3.63) is 23.8 Å². The van der Waals surface area contributed by atoms with Gasteiger partial charge in [-0.3, -0.25) is 0 Å². The Kier molecular flexibility index (Phi) is 3.56. The normalized spacial score (nSPS) is 13.0. The van der Waals surface area contributed by atoms with E-state index in [9.17, 15) is 0 Å². The van der Waals surface area contributed by atoms with Crippen molar-refractivity contribution in [3.63, 3.8) is 0 Å². The Hall–Kier alpha value is -0.803. The number of ether oxygens (including phenoxy) is 1. The van der Waals surface area contributed by atoms with E-state index in [-0.39, 0.29) is 0 Å². The first-order valence-corrected chi connectivity index (χ1v) is 10.6. The summed E-state index contributed by atoms with van der Waals surface area (Å²) < 4.78 is 8.51. The Morgan fingerprint density at radius 1 is 1.16 bits per heavy atom. The lowest BCUT2D eigenvalue weighted by Crippen LogP contribution is -2.47. The Morgan fingerprint density at radius 2 is 1.79 bits per heavy atom. The van der Waals surface area contributed by atoms with Gasteiger partial charge in [-0.25, -0.2) is 0 Å². The van der Waals surface area contributed by atoms with Gasteiger partial charge in [0, 0.05) is 10.1 Å². The Bertz CT molecular complexity index is 605. The molecule has 2 rings (SSSR count). The molecule has 0 bridgehead atoms. The second-order valence-electron chi connectivity index (χ2n) is 6.81. The van der Waals surface area contributed by atoms with Crippen molar-refractivity contribution in [2.45, 2.75) is 45.8 Å². The molecule has 0 fully saturated rings. The molecule has 1 nitrogen and oxygen atoms in total. The number of aryl methyl sites for hydroxylation is 1. The highest BCUT2D eigenvalue weighted by Gasteiger charge is 2.38. The summed E-state index contributed by atoms with van der Waals surface area (Å²) in [4.78, 5) is 0. The Labute approximate surface area is 121 Å². The maximum Gasteiger partial charge on any atom is 0.130 e. The van der Waals surface area contributed by atoms with Crippen LogP contribution < -0.4 is 9.24 Å². The summed E-state index contributed by atoms with van der Waals surface area (Å²) in [6, 6.07) is 6.77. The van der Waals surface area contributed by atoms with Gasteiger partial charge in [0.1, 0.15) is 5.75 Å². The number of hydrogen-bond donors (Lipinski definition) is 0. The summed E-state index contributed by atoms with van der Waals surface area (Å²) in [6.45, 7) is 14.2. The van der Waals surface area contributed by atoms with E-state index in [1.54, 1.807) is 11.6 Å². The third-order valence-electron chi connectivity index (χ3n) is 4.54. The van der Waals surface area contributed by atoms with Crippen LogP contribution in [-0.2, 0) is 0 Å². The molecule has 0 atom stereocenters. The molecule has 0 radical (unpaired) electrons. The fourth-order valence-electron chi connectivity index (χ4n) is 2.14. The molecule has 0 saturated carbocycles. The maximum atomic E-state index is 5.59. The number of rotatable bonds is 2. The third-order valence-corrected chi connectivity index (χ3v) is 12.4. The average Bonchev–Trinajstić information content (AvgIpc) is 2.71. The molecule has 0 aliphatic rings. The van der Waals surface area contributed by atoms with Crippen molar-refractivity contribution >= 4 is 34.0 Å². The van der Waals surface area contributed by atoms with Gasteiger partial charge in [0.15, 0.2) is 0 Å². The second kappa shape index (κ2) is 4.64. The zero-order valence-corrected chi connectivity index (χ0v) is 14.9. The fraction of sp³-hybridized carbons (Fsp3) is 0.500. The number of fused-ring (bicyclic) bond motifs is 1. The molecule has 0 aliphatic heterocycles. The Balaban J connectivity index is 2.66. The van der Waals surface area contributed by atoms with Gasteiger partial charge in [-0.1, -0.05) is 39.9 Å². The van der Waals surface area contributed by atoms with Gasteiger partial charge < -0.3 is 4.74 Å². The predicted octanol–water partition coefficient (Wildman–Crippen LogP) is 4.93. The lowest BCUT2D eigenvalue weighted by atomic mass is 10.1. The summed E-state index contributed by atoms with van der Waals surface area (Å²) in [6.07, 6.45) is 0. The molecule has 0 N–H and O–H groups in total. The molecule has 0 amide bonds. The van der Waals surface area contributed by atoms with E-state index in [0.717, 1.165) is 5.75 Å². The molecule has 1 aromatic carbocycles. The number of hydrogen-bond acceptors (Lipinski definition) is 2.